The van der Waals surface area contributed by atoms with Gasteiger partial charge in [0.1, 0.15) is 11.4 Å². The Morgan fingerprint density at radius 1 is 1.05 bits per heavy atom. The molecular formula is C17H16N4O. The van der Waals surface area contributed by atoms with Crippen molar-refractivity contribution in [2.24, 2.45) is 12.8 Å². The average molecular weight is 292 g/mol. The smallest absolute Gasteiger partial charge is 0.255 e. The molecule has 0 fully saturated rings. The molecule has 1 amide bonds. The molecule has 1 heterocycles. The maximum absolute atomic E-state index is 11.5. The number of amides is 1. The number of rotatable bonds is 1. The van der Waals surface area contributed by atoms with Crippen molar-refractivity contribution in [3.05, 3.63) is 71.4 Å². The number of hydrogen-bond acceptors (Lipinski definition) is 3. The van der Waals surface area contributed by atoms with E-state index < -0.39 is 5.91 Å². The van der Waals surface area contributed by atoms with Gasteiger partial charge in [-0.15, -0.1) is 0 Å². The Morgan fingerprint density at radius 3 is 2.14 bits per heavy atom. The molecule has 0 radical (unpaired) electrons. The third-order valence-electron chi connectivity index (χ3n) is 2.88. The molecule has 0 aliphatic heterocycles. The summed E-state index contributed by atoms with van der Waals surface area (Å²) >= 11 is 0. The molecule has 2 rings (SSSR count). The molecular weight excluding hydrogens is 276 g/mol. The number of nitrogens with zero attached hydrogens (tertiary/aromatic N) is 2. The number of primary amides is 1. The van der Waals surface area contributed by atoms with E-state index in [0.717, 1.165) is 5.56 Å². The average Bonchev–Trinajstić information content (AvgIpc) is 2.78. The number of carbonyl (C=O) groups excluding carboxylic acids is 1. The topological polar surface area (TPSA) is 86.9 Å². The van der Waals surface area contributed by atoms with Gasteiger partial charge in [0.15, 0.2) is 5.69 Å². The molecule has 110 valence electrons. The Hall–Kier alpha value is -3.26. The van der Waals surface area contributed by atoms with Gasteiger partial charge in [-0.1, -0.05) is 48.4 Å². The van der Waals surface area contributed by atoms with Crippen LogP contribution in [0.5, 0.6) is 0 Å². The van der Waals surface area contributed by atoms with Crippen LogP contribution in [-0.4, -0.2) is 15.7 Å². The first-order valence-corrected chi connectivity index (χ1v) is 6.62. The van der Waals surface area contributed by atoms with E-state index in [0.29, 0.717) is 0 Å². The quantitative estimate of drug-likeness (QED) is 0.783. The van der Waals surface area contributed by atoms with Gasteiger partial charge in [-0.25, -0.2) is 0 Å². The van der Waals surface area contributed by atoms with Crippen molar-refractivity contribution >= 4 is 11.7 Å². The molecule has 5 heteroatoms. The van der Waals surface area contributed by atoms with Crippen molar-refractivity contribution in [2.45, 2.75) is 0 Å². The standard InChI is InChI=1S/C17H16N4O/c1-21-16(18)15(17(19)22)14(20-21)12-11-13-9-7-5-3-2-4-6-8-10-13/h2-10H,18H2,1H3,(H2,19,22). The Bertz CT molecular complexity index is 786. The molecule has 0 saturated heterocycles. The van der Waals surface area contributed by atoms with Crippen molar-refractivity contribution in [1.82, 2.24) is 9.78 Å². The molecule has 0 unspecified atom stereocenters. The SMILES string of the molecule is Cn1nc(C#Cc2ccccccccc2)c(C(N)=O)c1N. The predicted octanol–water partition coefficient (Wildman–Crippen LogP) is 1.63. The van der Waals surface area contributed by atoms with E-state index in [1.54, 1.807) is 7.05 Å². The number of anilines is 1. The zero-order chi connectivity index (χ0) is 15.9. The van der Waals surface area contributed by atoms with Crippen LogP contribution in [0.2, 0.25) is 0 Å². The summed E-state index contributed by atoms with van der Waals surface area (Å²) in [6.07, 6.45) is 0. The molecule has 4 N–H and O–H groups in total. The second kappa shape index (κ2) is 6.95. The number of hydrogen-bond donors (Lipinski definition) is 2. The van der Waals surface area contributed by atoms with Gasteiger partial charge in [0.2, 0.25) is 0 Å². The maximum Gasteiger partial charge on any atom is 0.255 e. The van der Waals surface area contributed by atoms with Gasteiger partial charge in [0.25, 0.3) is 5.91 Å². The van der Waals surface area contributed by atoms with E-state index in [-0.39, 0.29) is 17.1 Å². The predicted molar refractivity (Wildman–Crippen MR) is 86.2 cm³/mol. The van der Waals surface area contributed by atoms with Crippen LogP contribution in [0.1, 0.15) is 21.6 Å². The number of nitrogen functional groups attached to an aromatic ring is 1. The monoisotopic (exact) mass is 292 g/mol. The summed E-state index contributed by atoms with van der Waals surface area (Å²) in [5.74, 6) is 5.39. The molecule has 0 aliphatic carbocycles. The lowest BCUT2D eigenvalue weighted by atomic mass is 10.2. The lowest BCUT2D eigenvalue weighted by molar-refractivity contribution is 0.100. The van der Waals surface area contributed by atoms with Crippen LogP contribution in [-0.2, 0) is 7.05 Å². The zero-order valence-corrected chi connectivity index (χ0v) is 12.2. The van der Waals surface area contributed by atoms with Gasteiger partial charge in [-0.3, -0.25) is 9.48 Å². The fraction of sp³-hybridized carbons (Fsp3) is 0.0588. The van der Waals surface area contributed by atoms with Gasteiger partial charge < -0.3 is 11.5 Å². The Labute approximate surface area is 128 Å². The fourth-order valence-electron chi connectivity index (χ4n) is 1.78. The molecule has 0 saturated carbocycles. The number of aromatic nitrogens is 2. The van der Waals surface area contributed by atoms with Crippen LogP contribution in [0, 0.1) is 11.8 Å². The van der Waals surface area contributed by atoms with Gasteiger partial charge >= 0.3 is 0 Å². The Morgan fingerprint density at radius 2 is 1.59 bits per heavy atom. The minimum absolute atomic E-state index is 0.151. The molecule has 1 aromatic carbocycles. The van der Waals surface area contributed by atoms with Crippen molar-refractivity contribution < 1.29 is 4.79 Å². The number of aryl methyl sites for hydroxylation is 1. The van der Waals surface area contributed by atoms with Gasteiger partial charge in [-0.2, -0.15) is 5.10 Å². The van der Waals surface area contributed by atoms with E-state index in [4.69, 9.17) is 11.5 Å². The highest BCUT2D eigenvalue weighted by atomic mass is 16.1. The third kappa shape index (κ3) is 3.64. The minimum atomic E-state index is -0.640. The maximum atomic E-state index is 11.5. The molecule has 1 aromatic heterocycles. The second-order valence-corrected chi connectivity index (χ2v) is 4.48. The highest BCUT2D eigenvalue weighted by molar-refractivity contribution is 5.99. The first-order chi connectivity index (χ1) is 10.6. The minimum Gasteiger partial charge on any atom is -0.383 e. The van der Waals surface area contributed by atoms with Crippen molar-refractivity contribution in [3.8, 4) is 11.8 Å². The fourth-order valence-corrected chi connectivity index (χ4v) is 1.78. The van der Waals surface area contributed by atoms with Crippen molar-refractivity contribution in [1.29, 1.82) is 0 Å². The second-order valence-electron chi connectivity index (χ2n) is 4.48. The normalized spacial score (nSPS) is 9.32. The Balaban J connectivity index is 2.48. The van der Waals surface area contributed by atoms with Crippen molar-refractivity contribution in [3.63, 3.8) is 0 Å². The first-order valence-electron chi connectivity index (χ1n) is 6.62. The van der Waals surface area contributed by atoms with Gasteiger partial charge in [-0.05, 0) is 18.1 Å². The Kier molecular flexibility index (Phi) is 4.78. The van der Waals surface area contributed by atoms with E-state index in [2.05, 4.69) is 16.9 Å². The molecule has 0 atom stereocenters. The molecule has 5 nitrogen and oxygen atoms in total. The van der Waals surface area contributed by atoms with E-state index >= 15 is 0 Å². The van der Waals surface area contributed by atoms with Crippen LogP contribution >= 0.6 is 0 Å². The van der Waals surface area contributed by atoms with E-state index in [9.17, 15) is 4.79 Å². The highest BCUT2D eigenvalue weighted by Crippen LogP contribution is 2.14. The summed E-state index contributed by atoms with van der Waals surface area (Å²) in [6, 6.07) is 17.1. The third-order valence-corrected chi connectivity index (χ3v) is 2.88. The summed E-state index contributed by atoms with van der Waals surface area (Å²) in [6.45, 7) is 0. The summed E-state index contributed by atoms with van der Waals surface area (Å²) in [4.78, 5) is 11.5. The van der Waals surface area contributed by atoms with Crippen molar-refractivity contribution in [2.75, 3.05) is 5.73 Å². The van der Waals surface area contributed by atoms with Crippen LogP contribution in [0.15, 0.2) is 54.6 Å². The molecule has 0 bridgehead atoms. The lowest BCUT2D eigenvalue weighted by Gasteiger charge is -1.93. The van der Waals surface area contributed by atoms with Crippen LogP contribution in [0.3, 0.4) is 0 Å². The van der Waals surface area contributed by atoms with Crippen LogP contribution in [0.4, 0.5) is 5.82 Å². The molecule has 22 heavy (non-hydrogen) atoms. The zero-order valence-electron chi connectivity index (χ0n) is 12.2. The summed E-state index contributed by atoms with van der Waals surface area (Å²) in [7, 11) is 1.63. The summed E-state index contributed by atoms with van der Waals surface area (Å²) in [5, 5.41) is 4.11. The summed E-state index contributed by atoms with van der Waals surface area (Å²) < 4.78 is 1.38. The van der Waals surface area contributed by atoms with Crippen LogP contribution < -0.4 is 11.5 Å². The first kappa shape index (κ1) is 15.1. The van der Waals surface area contributed by atoms with Gasteiger partial charge in [0, 0.05) is 12.6 Å². The lowest BCUT2D eigenvalue weighted by Crippen LogP contribution is -2.14. The highest BCUT2D eigenvalue weighted by Gasteiger charge is 2.16. The van der Waals surface area contributed by atoms with Crippen LogP contribution in [0.25, 0.3) is 0 Å². The number of nitrogens with two attached hydrogens (primary N) is 2. The number of carbonyl (C=O) groups is 1. The molecule has 2 aromatic rings. The molecule has 0 aliphatic rings. The molecule has 0 spiro atoms. The summed E-state index contributed by atoms with van der Waals surface area (Å²) in [5.41, 5.74) is 12.3. The van der Waals surface area contributed by atoms with E-state index in [1.165, 1.54) is 4.68 Å². The van der Waals surface area contributed by atoms with Gasteiger partial charge in [0.05, 0.1) is 0 Å². The van der Waals surface area contributed by atoms with E-state index in [1.807, 2.05) is 54.6 Å². The largest absolute Gasteiger partial charge is 0.383 e.